The van der Waals surface area contributed by atoms with Crippen molar-refractivity contribution in [2.24, 2.45) is 0 Å². The zero-order valence-corrected chi connectivity index (χ0v) is 11.8. The van der Waals surface area contributed by atoms with E-state index in [2.05, 4.69) is 27.6 Å². The van der Waals surface area contributed by atoms with E-state index in [0.29, 0.717) is 0 Å². The molecule has 0 spiro atoms. The van der Waals surface area contributed by atoms with E-state index in [9.17, 15) is 4.79 Å². The highest BCUT2D eigenvalue weighted by molar-refractivity contribution is 14.1. The highest BCUT2D eigenvalue weighted by Crippen LogP contribution is 2.04. The van der Waals surface area contributed by atoms with Crippen molar-refractivity contribution >= 4 is 22.6 Å². The van der Waals surface area contributed by atoms with Gasteiger partial charge in [0, 0.05) is 40.8 Å². The van der Waals surface area contributed by atoms with Gasteiger partial charge in [0.15, 0.2) is 0 Å². The molecular weight excluding hydrogens is 329 g/mol. The fraction of sp³-hybridized carbons (Fsp3) is 0.333. The summed E-state index contributed by atoms with van der Waals surface area (Å²) in [5.41, 5.74) is 0.913. The average molecular weight is 343 g/mol. The molecule has 0 aliphatic carbocycles. The Hall–Kier alpha value is -1.11. The number of aryl methyl sites for hydroxylation is 3. The summed E-state index contributed by atoms with van der Waals surface area (Å²) in [7, 11) is 0. The lowest BCUT2D eigenvalue weighted by molar-refractivity contribution is 0.550. The summed E-state index contributed by atoms with van der Waals surface area (Å²) in [5, 5.41) is 0. The molecule has 4 nitrogen and oxygen atoms in total. The molecule has 2 heterocycles. The van der Waals surface area contributed by atoms with Gasteiger partial charge in [0.05, 0.1) is 6.33 Å². The number of nitrogens with zero attached hydrogens (tertiary/aromatic N) is 3. The lowest BCUT2D eigenvalue weighted by atomic mass is 10.3. The Morgan fingerprint density at radius 3 is 2.94 bits per heavy atom. The second-order valence-corrected chi connectivity index (χ2v) is 5.24. The molecule has 0 saturated heterocycles. The van der Waals surface area contributed by atoms with Gasteiger partial charge in [-0.2, -0.15) is 0 Å². The van der Waals surface area contributed by atoms with E-state index in [1.807, 2.05) is 30.0 Å². The normalized spacial score (nSPS) is 10.7. The number of hydrogen-bond acceptors (Lipinski definition) is 2. The van der Waals surface area contributed by atoms with Gasteiger partial charge in [-0.3, -0.25) is 4.79 Å². The second kappa shape index (κ2) is 5.48. The molecule has 0 aliphatic rings. The summed E-state index contributed by atoms with van der Waals surface area (Å²) < 4.78 is 4.90. The van der Waals surface area contributed by atoms with Crippen LogP contribution in [0.2, 0.25) is 0 Å². The van der Waals surface area contributed by atoms with Crippen molar-refractivity contribution in [1.29, 1.82) is 0 Å². The number of hydrogen-bond donors (Lipinski definition) is 0. The third kappa shape index (κ3) is 3.18. The molecule has 0 radical (unpaired) electrons. The van der Waals surface area contributed by atoms with Crippen LogP contribution >= 0.6 is 22.6 Å². The van der Waals surface area contributed by atoms with Crippen LogP contribution < -0.4 is 5.56 Å². The molecule has 0 amide bonds. The minimum absolute atomic E-state index is 0.107. The van der Waals surface area contributed by atoms with E-state index in [4.69, 9.17) is 0 Å². The van der Waals surface area contributed by atoms with Crippen LogP contribution in [0.5, 0.6) is 0 Å². The SMILES string of the molecule is Cc1cc(I)cn(CCCn2ccnc2)c1=O. The molecule has 90 valence electrons. The number of aromatic nitrogens is 3. The zero-order chi connectivity index (χ0) is 12.3. The first-order valence-corrected chi connectivity index (χ1v) is 6.57. The predicted octanol–water partition coefficient (Wildman–Crippen LogP) is 2.05. The Kier molecular flexibility index (Phi) is 3.98. The number of rotatable bonds is 4. The maximum atomic E-state index is 11.9. The van der Waals surface area contributed by atoms with Crippen molar-refractivity contribution in [1.82, 2.24) is 14.1 Å². The largest absolute Gasteiger partial charge is 0.337 e. The van der Waals surface area contributed by atoms with Gasteiger partial charge in [0.1, 0.15) is 0 Å². The Morgan fingerprint density at radius 1 is 1.41 bits per heavy atom. The van der Waals surface area contributed by atoms with Crippen molar-refractivity contribution in [3.8, 4) is 0 Å². The number of pyridine rings is 1. The molecule has 2 rings (SSSR count). The van der Waals surface area contributed by atoms with Crippen LogP contribution in [-0.2, 0) is 13.1 Å². The first kappa shape index (κ1) is 12.3. The lowest BCUT2D eigenvalue weighted by Gasteiger charge is -2.08. The van der Waals surface area contributed by atoms with Gasteiger partial charge >= 0.3 is 0 Å². The molecule has 17 heavy (non-hydrogen) atoms. The van der Waals surface area contributed by atoms with Gasteiger partial charge in [-0.1, -0.05) is 0 Å². The molecule has 0 unspecified atom stereocenters. The first-order valence-electron chi connectivity index (χ1n) is 5.49. The molecule has 2 aromatic rings. The van der Waals surface area contributed by atoms with E-state index >= 15 is 0 Å². The fourth-order valence-electron chi connectivity index (χ4n) is 1.75. The number of halogens is 1. The van der Waals surface area contributed by atoms with Crippen molar-refractivity contribution in [3.05, 3.63) is 50.5 Å². The lowest BCUT2D eigenvalue weighted by Crippen LogP contribution is -2.22. The van der Waals surface area contributed by atoms with Gasteiger partial charge in [-0.15, -0.1) is 0 Å². The standard InChI is InChI=1S/C12H14IN3O/c1-10-7-11(13)8-16(12(10)17)5-2-4-15-6-3-14-9-15/h3,6-9H,2,4-5H2,1H3. The minimum Gasteiger partial charge on any atom is -0.337 e. The zero-order valence-electron chi connectivity index (χ0n) is 9.64. The summed E-state index contributed by atoms with van der Waals surface area (Å²) in [6.45, 7) is 3.49. The van der Waals surface area contributed by atoms with Gasteiger partial charge < -0.3 is 9.13 Å². The minimum atomic E-state index is 0.107. The maximum Gasteiger partial charge on any atom is 0.253 e. The van der Waals surface area contributed by atoms with Crippen molar-refractivity contribution < 1.29 is 0 Å². The van der Waals surface area contributed by atoms with Gasteiger partial charge in [-0.05, 0) is 42.0 Å². The van der Waals surface area contributed by atoms with E-state index in [1.54, 1.807) is 17.1 Å². The molecule has 0 fully saturated rings. The molecular formula is C12H14IN3O. The molecule has 0 aliphatic heterocycles. The van der Waals surface area contributed by atoms with Crippen LogP contribution in [0, 0.1) is 10.5 Å². The third-order valence-electron chi connectivity index (χ3n) is 2.61. The van der Waals surface area contributed by atoms with Gasteiger partial charge in [0.2, 0.25) is 0 Å². The molecule has 0 atom stereocenters. The van der Waals surface area contributed by atoms with Crippen LogP contribution in [0.15, 0.2) is 35.8 Å². The van der Waals surface area contributed by atoms with E-state index < -0.39 is 0 Å². The molecule has 2 aromatic heterocycles. The summed E-state index contributed by atoms with van der Waals surface area (Å²) in [6.07, 6.45) is 8.33. The topological polar surface area (TPSA) is 39.8 Å². The smallest absolute Gasteiger partial charge is 0.253 e. The van der Waals surface area contributed by atoms with E-state index in [0.717, 1.165) is 28.6 Å². The van der Waals surface area contributed by atoms with Crippen LogP contribution in [-0.4, -0.2) is 14.1 Å². The monoisotopic (exact) mass is 343 g/mol. The Morgan fingerprint density at radius 2 is 2.24 bits per heavy atom. The van der Waals surface area contributed by atoms with Crippen LogP contribution in [0.1, 0.15) is 12.0 Å². The second-order valence-electron chi connectivity index (χ2n) is 3.99. The number of imidazole rings is 1. The summed E-state index contributed by atoms with van der Waals surface area (Å²) in [4.78, 5) is 15.8. The fourth-order valence-corrected chi connectivity index (χ4v) is 2.55. The van der Waals surface area contributed by atoms with Crippen molar-refractivity contribution in [3.63, 3.8) is 0 Å². The highest BCUT2D eigenvalue weighted by Gasteiger charge is 2.01. The van der Waals surface area contributed by atoms with Gasteiger partial charge in [0.25, 0.3) is 5.56 Å². The van der Waals surface area contributed by atoms with Crippen molar-refractivity contribution in [2.75, 3.05) is 0 Å². The maximum absolute atomic E-state index is 11.9. The predicted molar refractivity (Wildman–Crippen MR) is 75.0 cm³/mol. The summed E-state index contributed by atoms with van der Waals surface area (Å²) in [5.74, 6) is 0. The molecule has 0 bridgehead atoms. The molecule has 5 heteroatoms. The van der Waals surface area contributed by atoms with Crippen LogP contribution in [0.4, 0.5) is 0 Å². The Bertz CT molecular complexity index is 545. The first-order chi connectivity index (χ1) is 8.16. The van der Waals surface area contributed by atoms with Crippen LogP contribution in [0.3, 0.4) is 0 Å². The highest BCUT2D eigenvalue weighted by atomic mass is 127. The van der Waals surface area contributed by atoms with Crippen molar-refractivity contribution in [2.45, 2.75) is 26.4 Å². The molecule has 0 N–H and O–H groups in total. The summed E-state index contributed by atoms with van der Waals surface area (Å²) >= 11 is 2.24. The van der Waals surface area contributed by atoms with Crippen LogP contribution in [0.25, 0.3) is 0 Å². The summed E-state index contributed by atoms with van der Waals surface area (Å²) in [6, 6.07) is 1.91. The third-order valence-corrected chi connectivity index (χ3v) is 3.20. The van der Waals surface area contributed by atoms with E-state index in [-0.39, 0.29) is 5.56 Å². The quantitative estimate of drug-likeness (QED) is 0.798. The Labute approximate surface area is 113 Å². The molecule has 0 aromatic carbocycles. The van der Waals surface area contributed by atoms with E-state index in [1.165, 1.54) is 0 Å². The average Bonchev–Trinajstić information content (AvgIpc) is 2.78. The Balaban J connectivity index is 2.02. The van der Waals surface area contributed by atoms with Gasteiger partial charge in [-0.25, -0.2) is 4.98 Å². The molecule has 0 saturated carbocycles.